The second-order valence-corrected chi connectivity index (χ2v) is 9.32. The first-order valence-electron chi connectivity index (χ1n) is 11.3. The SMILES string of the molecule is COCC(=O)Nc1cc(C(=O)N2CCC[C@@H]2c2nccs2)c2c(c1)ncn2Cc1ccc(F)cc1. The van der Waals surface area contributed by atoms with E-state index in [2.05, 4.69) is 15.3 Å². The molecule has 0 bridgehead atoms. The zero-order chi connectivity index (χ0) is 24.4. The van der Waals surface area contributed by atoms with Gasteiger partial charge in [-0.1, -0.05) is 12.1 Å². The van der Waals surface area contributed by atoms with Crippen LogP contribution in [0.4, 0.5) is 10.1 Å². The van der Waals surface area contributed by atoms with Crippen LogP contribution in [-0.4, -0.2) is 51.5 Å². The fourth-order valence-electron chi connectivity index (χ4n) is 4.50. The van der Waals surface area contributed by atoms with E-state index in [9.17, 15) is 14.0 Å². The number of carbonyl (C=O) groups excluding carboxylic acids is 2. The largest absolute Gasteiger partial charge is 0.375 e. The Hall–Kier alpha value is -3.63. The Balaban J connectivity index is 1.56. The van der Waals surface area contributed by atoms with E-state index in [1.54, 1.807) is 48.1 Å². The van der Waals surface area contributed by atoms with Gasteiger partial charge in [0.25, 0.3) is 5.91 Å². The molecule has 1 saturated heterocycles. The first kappa shape index (κ1) is 23.1. The van der Waals surface area contributed by atoms with Crippen LogP contribution >= 0.6 is 11.3 Å². The van der Waals surface area contributed by atoms with Gasteiger partial charge in [-0.25, -0.2) is 14.4 Å². The smallest absolute Gasteiger partial charge is 0.256 e. The summed E-state index contributed by atoms with van der Waals surface area (Å²) in [5, 5.41) is 5.62. The number of ether oxygens (including phenoxy) is 1. The Morgan fingerprint density at radius 2 is 2.06 bits per heavy atom. The summed E-state index contributed by atoms with van der Waals surface area (Å²) in [6, 6.07) is 9.58. The molecule has 8 nitrogen and oxygen atoms in total. The number of nitrogens with one attached hydrogen (secondary N) is 1. The van der Waals surface area contributed by atoms with Crippen molar-refractivity contribution in [1.82, 2.24) is 19.4 Å². The number of anilines is 1. The monoisotopic (exact) mass is 493 g/mol. The molecule has 5 rings (SSSR count). The van der Waals surface area contributed by atoms with Crippen LogP contribution in [0, 0.1) is 5.82 Å². The highest BCUT2D eigenvalue weighted by molar-refractivity contribution is 7.09. The van der Waals surface area contributed by atoms with E-state index in [0.29, 0.717) is 35.4 Å². The van der Waals surface area contributed by atoms with Gasteiger partial charge in [0.2, 0.25) is 5.91 Å². The molecule has 0 unspecified atom stereocenters. The van der Waals surface area contributed by atoms with E-state index in [1.165, 1.54) is 19.2 Å². The van der Waals surface area contributed by atoms with Crippen LogP contribution in [0.5, 0.6) is 0 Å². The second-order valence-electron chi connectivity index (χ2n) is 8.40. The van der Waals surface area contributed by atoms with Crippen molar-refractivity contribution in [2.24, 2.45) is 0 Å². The van der Waals surface area contributed by atoms with Crippen LogP contribution in [0.1, 0.15) is 39.8 Å². The summed E-state index contributed by atoms with van der Waals surface area (Å²) in [6.07, 6.45) is 5.15. The number of hydrogen-bond donors (Lipinski definition) is 1. The van der Waals surface area contributed by atoms with Gasteiger partial charge in [0, 0.05) is 37.5 Å². The van der Waals surface area contributed by atoms with E-state index in [4.69, 9.17) is 4.74 Å². The molecule has 1 aliphatic heterocycles. The summed E-state index contributed by atoms with van der Waals surface area (Å²) in [5.41, 5.74) is 3.03. The lowest BCUT2D eigenvalue weighted by molar-refractivity contribution is -0.119. The Morgan fingerprint density at radius 3 is 2.80 bits per heavy atom. The Labute approximate surface area is 205 Å². The lowest BCUT2D eigenvalue weighted by Crippen LogP contribution is -2.31. The fraction of sp³-hybridized carbons (Fsp3) is 0.280. The summed E-state index contributed by atoms with van der Waals surface area (Å²) < 4.78 is 20.2. The first-order chi connectivity index (χ1) is 17.0. The highest BCUT2D eigenvalue weighted by Crippen LogP contribution is 2.36. The molecule has 2 aromatic heterocycles. The number of imidazole rings is 1. The minimum Gasteiger partial charge on any atom is -0.375 e. The molecule has 1 atom stereocenters. The van der Waals surface area contributed by atoms with Gasteiger partial charge in [0.05, 0.1) is 29.0 Å². The number of rotatable bonds is 7. The minimum atomic E-state index is -0.321. The number of benzene rings is 2. The topological polar surface area (TPSA) is 89.3 Å². The number of carbonyl (C=O) groups is 2. The van der Waals surface area contributed by atoms with Gasteiger partial charge in [-0.15, -0.1) is 11.3 Å². The molecule has 2 amide bonds. The third-order valence-electron chi connectivity index (χ3n) is 6.02. The molecular weight excluding hydrogens is 469 g/mol. The molecule has 0 saturated carbocycles. The van der Waals surface area contributed by atoms with E-state index in [0.717, 1.165) is 23.4 Å². The van der Waals surface area contributed by atoms with Crippen LogP contribution in [-0.2, 0) is 16.1 Å². The molecule has 0 radical (unpaired) electrons. The normalized spacial score (nSPS) is 15.6. The number of fused-ring (bicyclic) bond motifs is 1. The summed E-state index contributed by atoms with van der Waals surface area (Å²) in [5.74, 6) is -0.770. The quantitative estimate of drug-likeness (QED) is 0.416. The zero-order valence-corrected chi connectivity index (χ0v) is 19.9. The van der Waals surface area contributed by atoms with Crippen molar-refractivity contribution in [1.29, 1.82) is 0 Å². The predicted molar refractivity (Wildman–Crippen MR) is 131 cm³/mol. The molecule has 4 aromatic rings. The lowest BCUT2D eigenvalue weighted by atomic mass is 10.1. The van der Waals surface area contributed by atoms with Crippen molar-refractivity contribution in [3.63, 3.8) is 0 Å². The van der Waals surface area contributed by atoms with Crippen molar-refractivity contribution in [2.75, 3.05) is 25.6 Å². The molecule has 1 N–H and O–H groups in total. The van der Waals surface area contributed by atoms with Crippen molar-refractivity contribution in [2.45, 2.75) is 25.4 Å². The van der Waals surface area contributed by atoms with Gasteiger partial charge in [-0.2, -0.15) is 0 Å². The molecule has 35 heavy (non-hydrogen) atoms. The van der Waals surface area contributed by atoms with Gasteiger partial charge in [-0.05, 0) is 42.7 Å². The van der Waals surface area contributed by atoms with Crippen molar-refractivity contribution >= 4 is 39.9 Å². The van der Waals surface area contributed by atoms with Crippen molar-refractivity contribution in [3.8, 4) is 0 Å². The van der Waals surface area contributed by atoms with E-state index in [-0.39, 0.29) is 30.3 Å². The molecule has 10 heteroatoms. The predicted octanol–water partition coefficient (Wildman–Crippen LogP) is 4.24. The van der Waals surface area contributed by atoms with Gasteiger partial charge in [0.15, 0.2) is 0 Å². The number of hydrogen-bond acceptors (Lipinski definition) is 6. The van der Waals surface area contributed by atoms with Crippen LogP contribution in [0.2, 0.25) is 0 Å². The molecule has 2 aromatic carbocycles. The second kappa shape index (κ2) is 9.93. The number of methoxy groups -OCH3 is 1. The van der Waals surface area contributed by atoms with Crippen molar-refractivity contribution < 1.29 is 18.7 Å². The van der Waals surface area contributed by atoms with Gasteiger partial charge >= 0.3 is 0 Å². The van der Waals surface area contributed by atoms with Crippen LogP contribution in [0.3, 0.4) is 0 Å². The Kier molecular flexibility index (Phi) is 6.56. The number of thiazole rings is 1. The number of aromatic nitrogens is 3. The molecule has 0 spiro atoms. The third-order valence-corrected chi connectivity index (χ3v) is 6.90. The summed E-state index contributed by atoms with van der Waals surface area (Å²) >= 11 is 1.54. The number of halogens is 1. The molecule has 0 aliphatic carbocycles. The minimum absolute atomic E-state index is 0.0854. The maximum atomic E-state index is 14.0. The molecule has 3 heterocycles. The van der Waals surface area contributed by atoms with Crippen LogP contribution in [0.15, 0.2) is 54.3 Å². The summed E-state index contributed by atoms with van der Waals surface area (Å²) in [6.45, 7) is 0.942. The molecule has 180 valence electrons. The summed E-state index contributed by atoms with van der Waals surface area (Å²) in [4.78, 5) is 36.9. The molecular formula is C25H24FN5O3S. The van der Waals surface area contributed by atoms with E-state index in [1.807, 2.05) is 14.8 Å². The van der Waals surface area contributed by atoms with Gasteiger partial charge < -0.3 is 19.5 Å². The van der Waals surface area contributed by atoms with E-state index < -0.39 is 0 Å². The molecule has 1 fully saturated rings. The maximum Gasteiger partial charge on any atom is 0.256 e. The highest BCUT2D eigenvalue weighted by Gasteiger charge is 2.33. The first-order valence-corrected chi connectivity index (χ1v) is 12.1. The lowest BCUT2D eigenvalue weighted by Gasteiger charge is -2.24. The fourth-order valence-corrected chi connectivity index (χ4v) is 5.28. The maximum absolute atomic E-state index is 14.0. The molecule has 1 aliphatic rings. The average molecular weight is 494 g/mol. The van der Waals surface area contributed by atoms with Gasteiger partial charge in [-0.3, -0.25) is 9.59 Å². The van der Waals surface area contributed by atoms with Crippen LogP contribution < -0.4 is 5.32 Å². The third kappa shape index (κ3) is 4.80. The van der Waals surface area contributed by atoms with Crippen LogP contribution in [0.25, 0.3) is 11.0 Å². The zero-order valence-electron chi connectivity index (χ0n) is 19.1. The van der Waals surface area contributed by atoms with E-state index >= 15 is 0 Å². The highest BCUT2D eigenvalue weighted by atomic mass is 32.1. The van der Waals surface area contributed by atoms with Crippen molar-refractivity contribution in [3.05, 3.63) is 76.3 Å². The summed E-state index contributed by atoms with van der Waals surface area (Å²) in [7, 11) is 1.45. The number of likely N-dealkylation sites (tertiary alicyclic amines) is 1. The Bertz CT molecular complexity index is 1350. The van der Waals surface area contributed by atoms with Gasteiger partial charge in [0.1, 0.15) is 17.4 Å². The Morgan fingerprint density at radius 1 is 1.23 bits per heavy atom. The average Bonchev–Trinajstić information content (AvgIpc) is 3.61. The standard InChI is InChI=1S/C25H24FN5O3S/c1-34-14-22(32)29-18-11-19(25(33)31-9-2-3-21(31)24-27-8-10-35-24)23-20(12-18)28-15-30(23)13-16-4-6-17(26)7-5-16/h4-8,10-12,15,21H,2-3,9,13-14H2,1H3,(H,29,32)/t21-/m1/s1. The number of nitrogens with zero attached hydrogens (tertiary/aromatic N) is 4. The number of amides is 2.